The Bertz CT molecular complexity index is 373. The maximum atomic E-state index is 11.2. The van der Waals surface area contributed by atoms with Gasteiger partial charge in [-0.25, -0.2) is 0 Å². The van der Waals surface area contributed by atoms with Crippen LogP contribution in [0.4, 0.5) is 0 Å². The van der Waals surface area contributed by atoms with Crippen molar-refractivity contribution < 1.29 is 9.90 Å². The average Bonchev–Trinajstić information content (AvgIpc) is 2.62. The molecule has 0 aromatic carbocycles. The molecule has 3 fully saturated rings. The van der Waals surface area contributed by atoms with Gasteiger partial charge >= 0.3 is 5.97 Å². The Balaban J connectivity index is 1.79. The summed E-state index contributed by atoms with van der Waals surface area (Å²) in [5.74, 6) is 2.95. The third kappa shape index (κ3) is 1.81. The highest BCUT2D eigenvalue weighted by Crippen LogP contribution is 2.58. The van der Waals surface area contributed by atoms with Crippen LogP contribution >= 0.6 is 0 Å². The lowest BCUT2D eigenvalue weighted by molar-refractivity contribution is -0.143. The van der Waals surface area contributed by atoms with Gasteiger partial charge in [-0.2, -0.15) is 0 Å². The van der Waals surface area contributed by atoms with E-state index in [1.54, 1.807) is 0 Å². The molecule has 3 aliphatic carbocycles. The van der Waals surface area contributed by atoms with E-state index in [0.717, 1.165) is 37.0 Å². The van der Waals surface area contributed by atoms with E-state index in [9.17, 15) is 9.90 Å². The second-order valence-electron chi connectivity index (χ2n) is 6.88. The van der Waals surface area contributed by atoms with Crippen LogP contribution in [-0.2, 0) is 4.79 Å². The Morgan fingerprint density at radius 1 is 1.11 bits per heavy atom. The molecule has 0 amide bonds. The zero-order chi connectivity index (χ0) is 12.9. The third-order valence-corrected chi connectivity index (χ3v) is 5.92. The molecule has 2 heteroatoms. The van der Waals surface area contributed by atoms with E-state index >= 15 is 0 Å². The molecule has 3 saturated carbocycles. The fraction of sp³-hybridized carbons (Fsp3) is 0.812. The number of allylic oxidation sites excluding steroid dienone is 1. The van der Waals surface area contributed by atoms with Gasteiger partial charge < -0.3 is 5.11 Å². The van der Waals surface area contributed by atoms with Crippen molar-refractivity contribution in [3.8, 4) is 0 Å². The molecule has 0 heterocycles. The molecule has 0 aliphatic heterocycles. The summed E-state index contributed by atoms with van der Waals surface area (Å²) >= 11 is 0. The first kappa shape index (κ1) is 12.3. The minimum absolute atomic E-state index is 0.111. The normalized spacial score (nSPS) is 47.5. The lowest BCUT2D eigenvalue weighted by Gasteiger charge is -2.36. The lowest BCUT2D eigenvalue weighted by atomic mass is 9.69. The van der Waals surface area contributed by atoms with Crippen LogP contribution < -0.4 is 0 Å². The molecule has 0 radical (unpaired) electrons. The summed E-state index contributed by atoms with van der Waals surface area (Å²) in [6.07, 6.45) is 6.86. The van der Waals surface area contributed by atoms with Crippen molar-refractivity contribution in [1.29, 1.82) is 0 Å². The molecule has 3 rings (SSSR count). The van der Waals surface area contributed by atoms with Crippen molar-refractivity contribution in [2.75, 3.05) is 0 Å². The van der Waals surface area contributed by atoms with Crippen LogP contribution in [0.15, 0.2) is 12.2 Å². The summed E-state index contributed by atoms with van der Waals surface area (Å²) in [5, 5.41) is 9.22. The summed E-state index contributed by atoms with van der Waals surface area (Å²) in [6, 6.07) is 0. The molecule has 0 aromatic heterocycles. The summed E-state index contributed by atoms with van der Waals surface area (Å²) in [4.78, 5) is 11.2. The highest BCUT2D eigenvalue weighted by Gasteiger charge is 2.50. The maximum absolute atomic E-state index is 11.2. The lowest BCUT2D eigenvalue weighted by Crippen LogP contribution is -2.30. The zero-order valence-corrected chi connectivity index (χ0v) is 11.3. The highest BCUT2D eigenvalue weighted by atomic mass is 16.4. The van der Waals surface area contributed by atoms with E-state index in [2.05, 4.69) is 13.5 Å². The van der Waals surface area contributed by atoms with Crippen LogP contribution in [0.2, 0.25) is 0 Å². The molecule has 2 nitrogen and oxygen atoms in total. The minimum atomic E-state index is -0.593. The predicted octanol–water partition coefficient (Wildman–Crippen LogP) is 3.73. The number of carbonyl (C=O) groups is 1. The smallest absolute Gasteiger partial charge is 0.306 e. The minimum Gasteiger partial charge on any atom is -0.481 e. The second-order valence-corrected chi connectivity index (χ2v) is 6.88. The van der Waals surface area contributed by atoms with E-state index in [1.807, 2.05) is 0 Å². The Hall–Kier alpha value is -0.790. The molecule has 0 saturated heterocycles. The van der Waals surface area contributed by atoms with Gasteiger partial charge in [0.1, 0.15) is 0 Å². The monoisotopic (exact) mass is 248 g/mol. The number of carboxylic acid groups (broad SMARTS) is 1. The topological polar surface area (TPSA) is 37.3 Å². The highest BCUT2D eigenvalue weighted by molar-refractivity contribution is 5.70. The van der Waals surface area contributed by atoms with Crippen molar-refractivity contribution in [1.82, 2.24) is 0 Å². The van der Waals surface area contributed by atoms with Gasteiger partial charge in [-0.15, -0.1) is 0 Å². The maximum Gasteiger partial charge on any atom is 0.306 e. The molecule has 6 unspecified atom stereocenters. The van der Waals surface area contributed by atoms with Gasteiger partial charge in [-0.05, 0) is 61.7 Å². The van der Waals surface area contributed by atoms with E-state index < -0.39 is 5.97 Å². The van der Waals surface area contributed by atoms with Crippen molar-refractivity contribution >= 4 is 5.97 Å². The number of hydrogen-bond acceptors (Lipinski definition) is 1. The van der Waals surface area contributed by atoms with Crippen LogP contribution in [0.5, 0.6) is 0 Å². The van der Waals surface area contributed by atoms with Gasteiger partial charge in [-0.3, -0.25) is 4.79 Å². The van der Waals surface area contributed by atoms with E-state index in [1.165, 1.54) is 24.8 Å². The summed E-state index contributed by atoms with van der Waals surface area (Å²) < 4.78 is 0. The number of rotatable bonds is 1. The number of aliphatic carboxylic acids is 1. The Labute approximate surface area is 109 Å². The van der Waals surface area contributed by atoms with E-state index in [0.29, 0.717) is 11.8 Å². The van der Waals surface area contributed by atoms with Gasteiger partial charge in [0.25, 0.3) is 0 Å². The van der Waals surface area contributed by atoms with Crippen LogP contribution in [0, 0.1) is 35.5 Å². The molecule has 100 valence electrons. The molecule has 0 spiro atoms. The summed E-state index contributed by atoms with van der Waals surface area (Å²) in [6.45, 7) is 6.72. The van der Waals surface area contributed by atoms with Crippen LogP contribution in [0.25, 0.3) is 0 Å². The Morgan fingerprint density at radius 2 is 1.89 bits per heavy atom. The van der Waals surface area contributed by atoms with Gasteiger partial charge in [0.05, 0.1) is 5.92 Å². The van der Waals surface area contributed by atoms with Crippen LogP contribution in [-0.4, -0.2) is 11.1 Å². The standard InChI is InChI=1S/C16H24O2/c1-9-3-5-12-10(2)14-8-11(16(17)18)4-6-13(14)15(12)7-9/h9,11-15H,2-8H2,1H3,(H,17,18). The fourth-order valence-electron chi connectivity index (χ4n) is 4.99. The first-order valence-electron chi connectivity index (χ1n) is 7.49. The summed E-state index contributed by atoms with van der Waals surface area (Å²) in [5.41, 5.74) is 1.41. The molecule has 0 bridgehead atoms. The van der Waals surface area contributed by atoms with Crippen LogP contribution in [0.3, 0.4) is 0 Å². The van der Waals surface area contributed by atoms with Crippen molar-refractivity contribution in [3.05, 3.63) is 12.2 Å². The number of carboxylic acids is 1. The fourth-order valence-corrected chi connectivity index (χ4v) is 4.99. The average molecular weight is 248 g/mol. The third-order valence-electron chi connectivity index (χ3n) is 5.92. The van der Waals surface area contributed by atoms with Crippen molar-refractivity contribution in [2.45, 2.75) is 45.4 Å². The summed E-state index contributed by atoms with van der Waals surface area (Å²) in [7, 11) is 0. The number of fused-ring (bicyclic) bond motifs is 3. The molecule has 0 aromatic rings. The van der Waals surface area contributed by atoms with E-state index in [4.69, 9.17) is 0 Å². The van der Waals surface area contributed by atoms with E-state index in [-0.39, 0.29) is 5.92 Å². The molecule has 6 atom stereocenters. The molecule has 1 N–H and O–H groups in total. The van der Waals surface area contributed by atoms with Gasteiger partial charge in [0.2, 0.25) is 0 Å². The van der Waals surface area contributed by atoms with Crippen molar-refractivity contribution in [2.24, 2.45) is 35.5 Å². The largest absolute Gasteiger partial charge is 0.481 e. The first-order valence-corrected chi connectivity index (χ1v) is 7.49. The second kappa shape index (κ2) is 4.40. The Kier molecular flexibility index (Phi) is 2.99. The van der Waals surface area contributed by atoms with Crippen LogP contribution in [0.1, 0.15) is 45.4 Å². The Morgan fingerprint density at radius 3 is 2.61 bits per heavy atom. The van der Waals surface area contributed by atoms with Crippen molar-refractivity contribution in [3.63, 3.8) is 0 Å². The number of hydrogen-bond donors (Lipinski definition) is 1. The molecule has 3 aliphatic rings. The molecular formula is C16H24O2. The predicted molar refractivity (Wildman–Crippen MR) is 71.1 cm³/mol. The first-order chi connectivity index (χ1) is 8.58. The van der Waals surface area contributed by atoms with Gasteiger partial charge in [-0.1, -0.05) is 25.5 Å². The van der Waals surface area contributed by atoms with Gasteiger partial charge in [0.15, 0.2) is 0 Å². The zero-order valence-electron chi connectivity index (χ0n) is 11.3. The molecule has 18 heavy (non-hydrogen) atoms. The quantitative estimate of drug-likeness (QED) is 0.718. The SMILES string of the molecule is C=C1C2CC(C(=O)O)CCC2C2CC(C)CCC12. The molecular weight excluding hydrogens is 224 g/mol. The van der Waals surface area contributed by atoms with Gasteiger partial charge in [0, 0.05) is 0 Å².